The molecule has 1 aliphatic rings. The smallest absolute Gasteiger partial charge is 0.431 e. The van der Waals surface area contributed by atoms with Crippen LogP contribution in [-0.4, -0.2) is 36.1 Å². The first-order valence-corrected chi connectivity index (χ1v) is 5.53. The van der Waals surface area contributed by atoms with Crippen molar-refractivity contribution in [2.24, 2.45) is 5.92 Å². The molecule has 0 aromatic heterocycles. The number of carbonyl (C=O) groups excluding carboxylic acids is 4. The molecule has 1 rings (SSSR count). The molecule has 0 atom stereocenters. The fourth-order valence-corrected chi connectivity index (χ4v) is 1.09. The quantitative estimate of drug-likeness (QED) is 0.465. The number of imide groups is 2. The highest BCUT2D eigenvalue weighted by Crippen LogP contribution is 2.12. The fraction of sp³-hybridized carbons (Fsp3) is 0.600. The summed E-state index contributed by atoms with van der Waals surface area (Å²) >= 11 is 0. The summed E-state index contributed by atoms with van der Waals surface area (Å²) in [6, 6.07) is -0.946. The Morgan fingerprint density at radius 2 is 1.79 bits per heavy atom. The first-order valence-electron chi connectivity index (χ1n) is 5.53. The van der Waals surface area contributed by atoms with Crippen LogP contribution in [0.1, 0.15) is 20.8 Å². The van der Waals surface area contributed by atoms with Crippen molar-refractivity contribution in [1.29, 1.82) is 0 Å². The van der Waals surface area contributed by atoms with Crippen molar-refractivity contribution >= 4 is 23.9 Å². The van der Waals surface area contributed by atoms with Crippen LogP contribution in [0.3, 0.4) is 0 Å². The number of urea groups is 1. The number of rotatable bonds is 4. The van der Waals surface area contributed by atoms with Crippen molar-refractivity contribution in [3.63, 3.8) is 0 Å². The van der Waals surface area contributed by atoms with Gasteiger partial charge in [-0.05, 0) is 12.8 Å². The van der Waals surface area contributed by atoms with Gasteiger partial charge in [-0.1, -0.05) is 13.8 Å². The van der Waals surface area contributed by atoms with Crippen LogP contribution in [-0.2, 0) is 19.2 Å². The molecular formula is C10H15N3O6. The lowest BCUT2D eigenvalue weighted by Gasteiger charge is -2.29. The molecule has 1 heterocycles. The van der Waals surface area contributed by atoms with E-state index in [1.54, 1.807) is 0 Å². The second-order valence-electron chi connectivity index (χ2n) is 4.47. The SMILES string of the molecule is CC(C)COC(=O)NOC1(C)C(=O)NC(=O)NC1=O. The van der Waals surface area contributed by atoms with Crippen LogP contribution >= 0.6 is 0 Å². The minimum atomic E-state index is -2.04. The molecule has 3 N–H and O–H groups in total. The molecule has 9 nitrogen and oxygen atoms in total. The monoisotopic (exact) mass is 273 g/mol. The molecule has 9 heteroatoms. The average molecular weight is 273 g/mol. The lowest BCUT2D eigenvalue weighted by Crippen LogP contribution is -2.67. The van der Waals surface area contributed by atoms with Gasteiger partial charge in [0.15, 0.2) is 0 Å². The van der Waals surface area contributed by atoms with Crippen molar-refractivity contribution in [3.05, 3.63) is 0 Å². The number of barbiturate groups is 1. The second-order valence-corrected chi connectivity index (χ2v) is 4.47. The number of hydrogen-bond acceptors (Lipinski definition) is 6. The number of hydrogen-bond donors (Lipinski definition) is 3. The van der Waals surface area contributed by atoms with E-state index in [4.69, 9.17) is 9.57 Å². The number of hydroxylamine groups is 1. The van der Waals surface area contributed by atoms with E-state index in [1.807, 2.05) is 30.0 Å². The maximum atomic E-state index is 11.5. The van der Waals surface area contributed by atoms with E-state index in [0.29, 0.717) is 0 Å². The van der Waals surface area contributed by atoms with Gasteiger partial charge in [-0.3, -0.25) is 20.2 Å². The summed E-state index contributed by atoms with van der Waals surface area (Å²) in [5.74, 6) is -1.84. The van der Waals surface area contributed by atoms with E-state index in [9.17, 15) is 19.2 Å². The molecule has 0 bridgehead atoms. The lowest BCUT2D eigenvalue weighted by molar-refractivity contribution is -0.167. The van der Waals surface area contributed by atoms with E-state index < -0.39 is 29.5 Å². The summed E-state index contributed by atoms with van der Waals surface area (Å²) in [6.45, 7) is 4.93. The van der Waals surface area contributed by atoms with Crippen LogP contribution in [0.4, 0.5) is 9.59 Å². The van der Waals surface area contributed by atoms with Gasteiger partial charge in [0, 0.05) is 0 Å². The van der Waals surface area contributed by atoms with Crippen LogP contribution in [0.15, 0.2) is 0 Å². The van der Waals surface area contributed by atoms with Crippen LogP contribution in [0.5, 0.6) is 0 Å². The first kappa shape index (κ1) is 14.9. The van der Waals surface area contributed by atoms with Gasteiger partial charge < -0.3 is 4.74 Å². The highest BCUT2D eigenvalue weighted by atomic mass is 16.7. The van der Waals surface area contributed by atoms with Crippen LogP contribution in [0, 0.1) is 5.92 Å². The van der Waals surface area contributed by atoms with Gasteiger partial charge in [0.2, 0.25) is 5.60 Å². The predicted octanol–water partition coefficient (Wildman–Crippen LogP) is -0.575. The zero-order chi connectivity index (χ0) is 14.6. The molecule has 0 spiro atoms. The molecule has 0 aromatic carbocycles. The molecule has 1 saturated heterocycles. The number of carbonyl (C=O) groups is 4. The normalized spacial score (nSPS) is 17.8. The van der Waals surface area contributed by atoms with Crippen molar-refractivity contribution in [3.8, 4) is 0 Å². The zero-order valence-corrected chi connectivity index (χ0v) is 10.7. The first-order chi connectivity index (χ1) is 8.75. The molecule has 5 amide bonds. The van der Waals surface area contributed by atoms with Gasteiger partial charge in [-0.2, -0.15) is 5.48 Å². The molecule has 1 aliphatic heterocycles. The Labute approximate surface area is 108 Å². The number of amides is 5. The highest BCUT2D eigenvalue weighted by Gasteiger charge is 2.49. The van der Waals surface area contributed by atoms with Crippen molar-refractivity contribution < 1.29 is 28.8 Å². The maximum Gasteiger partial charge on any atom is 0.431 e. The maximum absolute atomic E-state index is 11.5. The molecule has 0 aliphatic carbocycles. The van der Waals surface area contributed by atoms with Gasteiger partial charge in [-0.15, -0.1) is 0 Å². The lowest BCUT2D eigenvalue weighted by atomic mass is 10.0. The Kier molecular flexibility index (Phi) is 4.43. The Bertz CT molecular complexity index is 399. The molecule has 0 aromatic rings. The molecule has 1 fully saturated rings. The van der Waals surface area contributed by atoms with Gasteiger partial charge in [0.05, 0.1) is 6.61 Å². The molecule has 0 radical (unpaired) electrons. The molecule has 106 valence electrons. The summed E-state index contributed by atoms with van der Waals surface area (Å²) in [7, 11) is 0. The summed E-state index contributed by atoms with van der Waals surface area (Å²) in [5.41, 5.74) is -0.207. The zero-order valence-electron chi connectivity index (χ0n) is 10.7. The molecular weight excluding hydrogens is 258 g/mol. The predicted molar refractivity (Wildman–Crippen MR) is 60.5 cm³/mol. The minimum Gasteiger partial charge on any atom is -0.448 e. The summed E-state index contributed by atoms with van der Waals surface area (Å²) in [5, 5.41) is 3.69. The van der Waals surface area contributed by atoms with Crippen molar-refractivity contribution in [1.82, 2.24) is 16.1 Å². The van der Waals surface area contributed by atoms with E-state index in [2.05, 4.69) is 0 Å². The highest BCUT2D eigenvalue weighted by molar-refractivity contribution is 6.21. The number of nitrogens with one attached hydrogen (secondary N) is 3. The summed E-state index contributed by atoms with van der Waals surface area (Å²) in [6.07, 6.45) is -0.938. The van der Waals surface area contributed by atoms with E-state index in [0.717, 1.165) is 6.92 Å². The van der Waals surface area contributed by atoms with E-state index in [1.165, 1.54) is 0 Å². The average Bonchev–Trinajstić information content (AvgIpc) is 2.31. The molecule has 0 saturated carbocycles. The third-order valence-corrected chi connectivity index (χ3v) is 2.21. The Morgan fingerprint density at radius 3 is 2.26 bits per heavy atom. The Morgan fingerprint density at radius 1 is 1.26 bits per heavy atom. The molecule has 0 unspecified atom stereocenters. The summed E-state index contributed by atoms with van der Waals surface area (Å²) < 4.78 is 4.73. The van der Waals surface area contributed by atoms with Crippen LogP contribution in [0.25, 0.3) is 0 Å². The Balaban J connectivity index is 2.55. The largest absolute Gasteiger partial charge is 0.448 e. The van der Waals surface area contributed by atoms with E-state index in [-0.39, 0.29) is 12.5 Å². The standard InChI is InChI=1S/C10H15N3O6/c1-5(2)4-18-9(17)13-19-10(3)6(14)11-8(16)12-7(10)15/h5H,4H2,1-3H3,(H,13,17)(H2,11,12,14,15,16). The Hall–Kier alpha value is -2.16. The van der Waals surface area contributed by atoms with Gasteiger partial charge >= 0.3 is 12.1 Å². The third-order valence-electron chi connectivity index (χ3n) is 2.21. The van der Waals surface area contributed by atoms with Gasteiger partial charge in [0.1, 0.15) is 0 Å². The van der Waals surface area contributed by atoms with Crippen LogP contribution in [0.2, 0.25) is 0 Å². The molecule has 19 heavy (non-hydrogen) atoms. The summed E-state index contributed by atoms with van der Waals surface area (Å²) in [4.78, 5) is 49.8. The second kappa shape index (κ2) is 5.65. The number of ether oxygens (including phenoxy) is 1. The topological polar surface area (TPSA) is 123 Å². The fourth-order valence-electron chi connectivity index (χ4n) is 1.09. The van der Waals surface area contributed by atoms with Crippen LogP contribution < -0.4 is 16.1 Å². The van der Waals surface area contributed by atoms with Crippen molar-refractivity contribution in [2.45, 2.75) is 26.4 Å². The van der Waals surface area contributed by atoms with Crippen molar-refractivity contribution in [2.75, 3.05) is 6.61 Å². The van der Waals surface area contributed by atoms with E-state index >= 15 is 0 Å². The minimum absolute atomic E-state index is 0.125. The third kappa shape index (κ3) is 3.65. The van der Waals surface area contributed by atoms with Gasteiger partial charge in [0.25, 0.3) is 11.8 Å². The van der Waals surface area contributed by atoms with Gasteiger partial charge in [-0.25, -0.2) is 14.4 Å².